The fourth-order valence-electron chi connectivity index (χ4n) is 2.68. The highest BCUT2D eigenvalue weighted by molar-refractivity contribution is 9.10. The molecule has 0 saturated carbocycles. The molecule has 27 heavy (non-hydrogen) atoms. The third-order valence-electron chi connectivity index (χ3n) is 3.95. The van der Waals surface area contributed by atoms with E-state index in [1.165, 1.54) is 0 Å². The van der Waals surface area contributed by atoms with Gasteiger partial charge in [-0.2, -0.15) is 5.10 Å². The lowest BCUT2D eigenvalue weighted by atomic mass is 10.2. The van der Waals surface area contributed by atoms with Crippen LogP contribution in [0.15, 0.2) is 59.2 Å². The number of carbonyl (C=O) groups excluding carboxylic acids is 1. The van der Waals surface area contributed by atoms with Crippen LogP contribution in [0.5, 0.6) is 0 Å². The van der Waals surface area contributed by atoms with Crippen molar-refractivity contribution in [1.29, 1.82) is 0 Å². The first-order chi connectivity index (χ1) is 13.1. The molecule has 136 valence electrons. The predicted molar refractivity (Wildman–Crippen MR) is 107 cm³/mol. The number of benzene rings is 2. The number of rotatable bonds is 5. The molecule has 9 heteroatoms. The zero-order valence-electron chi connectivity index (χ0n) is 14.0. The third kappa shape index (κ3) is 4.01. The molecule has 4 aromatic rings. The van der Waals surface area contributed by atoms with Crippen molar-refractivity contribution in [2.75, 3.05) is 5.32 Å². The first kappa shape index (κ1) is 17.7. The van der Waals surface area contributed by atoms with Crippen molar-refractivity contribution in [2.24, 2.45) is 0 Å². The molecule has 7 nitrogen and oxygen atoms in total. The molecule has 0 radical (unpaired) electrons. The van der Waals surface area contributed by atoms with Gasteiger partial charge >= 0.3 is 0 Å². The van der Waals surface area contributed by atoms with E-state index in [0.717, 1.165) is 16.6 Å². The average Bonchev–Trinajstić information content (AvgIpc) is 3.21. The topological polar surface area (TPSA) is 77.6 Å². The Hall–Kier alpha value is -2.71. The van der Waals surface area contributed by atoms with E-state index < -0.39 is 0 Å². The summed E-state index contributed by atoms with van der Waals surface area (Å²) in [5.41, 5.74) is 2.61. The van der Waals surface area contributed by atoms with Crippen molar-refractivity contribution >= 4 is 50.3 Å². The van der Waals surface area contributed by atoms with Gasteiger partial charge in [0.25, 0.3) is 0 Å². The van der Waals surface area contributed by atoms with Gasteiger partial charge in [0.15, 0.2) is 5.82 Å². The van der Waals surface area contributed by atoms with Crippen molar-refractivity contribution in [3.63, 3.8) is 0 Å². The quantitative estimate of drug-likeness (QED) is 0.508. The van der Waals surface area contributed by atoms with Gasteiger partial charge in [-0.1, -0.05) is 41.1 Å². The average molecular weight is 446 g/mol. The monoisotopic (exact) mass is 444 g/mol. The second-order valence-corrected chi connectivity index (χ2v) is 7.22. The van der Waals surface area contributed by atoms with Gasteiger partial charge in [0.1, 0.15) is 12.1 Å². The van der Waals surface area contributed by atoms with Crippen LogP contribution in [-0.2, 0) is 17.9 Å². The first-order valence-electron chi connectivity index (χ1n) is 8.14. The number of halogens is 2. The SMILES string of the molecule is O=C(Cn1nnc2ccccc21)Nc1nn(Cc2ccc(Cl)cc2)cc1Br. The van der Waals surface area contributed by atoms with Crippen molar-refractivity contribution in [3.8, 4) is 0 Å². The van der Waals surface area contributed by atoms with Gasteiger partial charge < -0.3 is 5.32 Å². The first-order valence-corrected chi connectivity index (χ1v) is 9.31. The summed E-state index contributed by atoms with van der Waals surface area (Å²) >= 11 is 9.34. The molecule has 2 heterocycles. The molecule has 2 aromatic heterocycles. The fraction of sp³-hybridized carbons (Fsp3) is 0.111. The number of nitrogens with one attached hydrogen (secondary N) is 1. The Labute approximate surface area is 168 Å². The Morgan fingerprint density at radius 1 is 1.15 bits per heavy atom. The van der Waals surface area contributed by atoms with Crippen LogP contribution in [0.3, 0.4) is 0 Å². The van der Waals surface area contributed by atoms with Crippen LogP contribution in [0, 0.1) is 0 Å². The van der Waals surface area contributed by atoms with Gasteiger partial charge in [0.2, 0.25) is 5.91 Å². The summed E-state index contributed by atoms with van der Waals surface area (Å²) in [5.74, 6) is 0.224. The molecular formula is C18H14BrClN6O. The molecule has 0 unspecified atom stereocenters. The Bertz CT molecular complexity index is 1100. The Balaban J connectivity index is 1.45. The van der Waals surface area contributed by atoms with E-state index in [4.69, 9.17) is 11.6 Å². The zero-order chi connectivity index (χ0) is 18.8. The molecule has 0 aliphatic rings. The van der Waals surface area contributed by atoms with Crippen LogP contribution in [-0.4, -0.2) is 30.7 Å². The van der Waals surface area contributed by atoms with E-state index in [-0.39, 0.29) is 12.5 Å². The van der Waals surface area contributed by atoms with Crippen LogP contribution in [0.4, 0.5) is 5.82 Å². The van der Waals surface area contributed by atoms with Crippen LogP contribution >= 0.6 is 27.5 Å². The molecular weight excluding hydrogens is 432 g/mol. The van der Waals surface area contributed by atoms with Crippen LogP contribution in [0.1, 0.15) is 5.56 Å². The Morgan fingerprint density at radius 3 is 2.74 bits per heavy atom. The van der Waals surface area contributed by atoms with E-state index >= 15 is 0 Å². The maximum atomic E-state index is 12.4. The zero-order valence-corrected chi connectivity index (χ0v) is 16.4. The summed E-state index contributed by atoms with van der Waals surface area (Å²) in [6.07, 6.45) is 1.81. The number of anilines is 1. The molecule has 1 amide bonds. The van der Waals surface area contributed by atoms with Crippen LogP contribution in [0.2, 0.25) is 5.02 Å². The maximum absolute atomic E-state index is 12.4. The van der Waals surface area contributed by atoms with E-state index in [1.807, 2.05) is 54.7 Å². The third-order valence-corrected chi connectivity index (χ3v) is 4.78. The summed E-state index contributed by atoms with van der Waals surface area (Å²) in [6, 6.07) is 15.0. The molecule has 4 rings (SSSR count). The lowest BCUT2D eigenvalue weighted by molar-refractivity contribution is -0.116. The largest absolute Gasteiger partial charge is 0.307 e. The summed E-state index contributed by atoms with van der Waals surface area (Å²) in [5, 5.41) is 16.0. The Kier molecular flexibility index (Phi) is 4.91. The van der Waals surface area contributed by atoms with Gasteiger partial charge in [-0.3, -0.25) is 9.48 Å². The molecule has 0 atom stereocenters. The van der Waals surface area contributed by atoms with Crippen molar-refractivity contribution in [1.82, 2.24) is 24.8 Å². The lowest BCUT2D eigenvalue weighted by Gasteiger charge is -2.04. The number of hydrogen-bond donors (Lipinski definition) is 1. The molecule has 0 aliphatic heterocycles. The minimum absolute atomic E-state index is 0.0526. The highest BCUT2D eigenvalue weighted by Crippen LogP contribution is 2.21. The minimum Gasteiger partial charge on any atom is -0.307 e. The number of amides is 1. The molecule has 2 aromatic carbocycles. The number of hydrogen-bond acceptors (Lipinski definition) is 4. The van der Waals surface area contributed by atoms with Gasteiger partial charge in [0.05, 0.1) is 16.5 Å². The summed E-state index contributed by atoms with van der Waals surface area (Å²) in [4.78, 5) is 12.4. The van der Waals surface area contributed by atoms with E-state index in [1.54, 1.807) is 9.36 Å². The lowest BCUT2D eigenvalue weighted by Crippen LogP contribution is -2.20. The van der Waals surface area contributed by atoms with E-state index in [9.17, 15) is 4.79 Å². The smallest absolute Gasteiger partial charge is 0.247 e. The van der Waals surface area contributed by atoms with Crippen molar-refractivity contribution in [2.45, 2.75) is 13.1 Å². The number of carbonyl (C=O) groups is 1. The van der Waals surface area contributed by atoms with Crippen LogP contribution in [0.25, 0.3) is 11.0 Å². The molecule has 0 aliphatic carbocycles. The Morgan fingerprint density at radius 2 is 1.93 bits per heavy atom. The molecule has 0 fully saturated rings. The van der Waals surface area contributed by atoms with E-state index in [0.29, 0.717) is 21.9 Å². The minimum atomic E-state index is -0.233. The van der Waals surface area contributed by atoms with Crippen molar-refractivity contribution < 1.29 is 4.79 Å². The second kappa shape index (κ2) is 7.50. The number of fused-ring (bicyclic) bond motifs is 1. The second-order valence-electron chi connectivity index (χ2n) is 5.93. The molecule has 0 spiro atoms. The number of aromatic nitrogens is 5. The van der Waals surface area contributed by atoms with Gasteiger partial charge in [-0.05, 0) is 45.8 Å². The summed E-state index contributed by atoms with van der Waals surface area (Å²) in [7, 11) is 0. The van der Waals surface area contributed by atoms with Crippen molar-refractivity contribution in [3.05, 3.63) is 69.8 Å². The molecule has 1 N–H and O–H groups in total. The molecule has 0 bridgehead atoms. The normalized spacial score (nSPS) is 11.0. The van der Waals surface area contributed by atoms with E-state index in [2.05, 4.69) is 36.7 Å². The highest BCUT2D eigenvalue weighted by Gasteiger charge is 2.13. The maximum Gasteiger partial charge on any atom is 0.247 e. The number of nitrogens with zero attached hydrogens (tertiary/aromatic N) is 5. The van der Waals surface area contributed by atoms with Gasteiger partial charge in [-0.25, -0.2) is 4.68 Å². The summed E-state index contributed by atoms with van der Waals surface area (Å²) in [6.45, 7) is 0.621. The predicted octanol–water partition coefficient (Wildman–Crippen LogP) is 3.73. The van der Waals surface area contributed by atoms with Gasteiger partial charge in [0, 0.05) is 11.2 Å². The van der Waals surface area contributed by atoms with Crippen LogP contribution < -0.4 is 5.32 Å². The van der Waals surface area contributed by atoms with Gasteiger partial charge in [-0.15, -0.1) is 5.10 Å². The standard InChI is InChI=1S/C18H14BrClN6O/c19-14-10-25(9-12-5-7-13(20)8-6-12)23-18(14)21-17(27)11-26-16-4-2-1-3-15(16)22-24-26/h1-8,10H,9,11H2,(H,21,23,27). The number of para-hydroxylation sites is 1. The highest BCUT2D eigenvalue weighted by atomic mass is 79.9. The molecule has 0 saturated heterocycles. The summed E-state index contributed by atoms with van der Waals surface area (Å²) < 4.78 is 4.00. The fourth-order valence-corrected chi connectivity index (χ4v) is 3.22.